The number of anilines is 1. The smallest absolute Gasteiger partial charge is 0.164 e. The van der Waals surface area contributed by atoms with E-state index >= 15 is 0 Å². The number of rotatable bonds is 3. The number of hydrogen-bond donors (Lipinski definition) is 1. The van der Waals surface area contributed by atoms with Crippen molar-refractivity contribution in [2.45, 2.75) is 33.2 Å². The first-order valence-electron chi connectivity index (χ1n) is 7.97. The number of fused-ring (bicyclic) bond motifs is 2. The summed E-state index contributed by atoms with van der Waals surface area (Å²) >= 11 is 1.73. The molecule has 0 saturated heterocycles. The van der Waals surface area contributed by atoms with Crippen LogP contribution in [0.15, 0.2) is 24.5 Å². The first-order valence-corrected chi connectivity index (χ1v) is 8.78. The van der Waals surface area contributed by atoms with Gasteiger partial charge in [0.15, 0.2) is 5.65 Å². The van der Waals surface area contributed by atoms with Gasteiger partial charge >= 0.3 is 0 Å². The lowest BCUT2D eigenvalue weighted by atomic mass is 10.1. The molecular formula is C17H18N6S. The van der Waals surface area contributed by atoms with Crippen molar-refractivity contribution in [2.24, 2.45) is 0 Å². The number of nitrogen functional groups attached to an aromatic ring is 1. The zero-order valence-electron chi connectivity index (χ0n) is 13.8. The standard InChI is InChI=1S/C17H18N6S/c1-4-13-21-11-7-10(5-6-12(11)24-13)15-14-16(18)19-8-20-17(14)23(22-15)9(2)3/h5-9H,4H2,1-3H3,(H2,18,19,20). The molecule has 0 atom stereocenters. The summed E-state index contributed by atoms with van der Waals surface area (Å²) in [5.41, 5.74) is 9.69. The number of nitrogens with two attached hydrogens (primary N) is 1. The molecule has 1 aromatic carbocycles. The first kappa shape index (κ1) is 15.0. The first-order chi connectivity index (χ1) is 11.6. The molecule has 0 aliphatic heterocycles. The van der Waals surface area contributed by atoms with E-state index in [1.165, 1.54) is 11.0 Å². The molecule has 2 N–H and O–H groups in total. The highest BCUT2D eigenvalue weighted by molar-refractivity contribution is 7.18. The molecule has 0 unspecified atom stereocenters. The molecule has 0 bridgehead atoms. The van der Waals surface area contributed by atoms with Crippen molar-refractivity contribution in [1.82, 2.24) is 24.7 Å². The number of benzene rings is 1. The van der Waals surface area contributed by atoms with E-state index in [0.29, 0.717) is 5.82 Å². The fourth-order valence-corrected chi connectivity index (χ4v) is 3.72. The van der Waals surface area contributed by atoms with E-state index in [1.807, 2.05) is 4.68 Å². The third-order valence-electron chi connectivity index (χ3n) is 4.02. The molecule has 0 radical (unpaired) electrons. The minimum Gasteiger partial charge on any atom is -0.383 e. The second kappa shape index (κ2) is 5.52. The van der Waals surface area contributed by atoms with Gasteiger partial charge in [0.25, 0.3) is 0 Å². The van der Waals surface area contributed by atoms with Crippen LogP contribution in [0.25, 0.3) is 32.5 Å². The molecule has 0 saturated carbocycles. The van der Waals surface area contributed by atoms with Gasteiger partial charge in [0.2, 0.25) is 0 Å². The van der Waals surface area contributed by atoms with Crippen molar-refractivity contribution >= 4 is 38.4 Å². The second-order valence-corrected chi connectivity index (χ2v) is 7.10. The molecule has 0 aliphatic rings. The van der Waals surface area contributed by atoms with Crippen LogP contribution in [0.1, 0.15) is 31.8 Å². The maximum atomic E-state index is 6.13. The number of aryl methyl sites for hydroxylation is 1. The summed E-state index contributed by atoms with van der Waals surface area (Å²) in [4.78, 5) is 13.2. The Labute approximate surface area is 143 Å². The molecule has 24 heavy (non-hydrogen) atoms. The lowest BCUT2D eigenvalue weighted by molar-refractivity contribution is 0.548. The van der Waals surface area contributed by atoms with E-state index in [1.54, 1.807) is 11.3 Å². The van der Waals surface area contributed by atoms with Gasteiger partial charge in [-0.05, 0) is 32.4 Å². The average molecular weight is 338 g/mol. The molecule has 3 heterocycles. The summed E-state index contributed by atoms with van der Waals surface area (Å²) in [6, 6.07) is 6.43. The van der Waals surface area contributed by atoms with E-state index in [0.717, 1.165) is 39.2 Å². The summed E-state index contributed by atoms with van der Waals surface area (Å²) in [5.74, 6) is 0.453. The number of thiazole rings is 1. The van der Waals surface area contributed by atoms with Crippen molar-refractivity contribution in [3.63, 3.8) is 0 Å². The highest BCUT2D eigenvalue weighted by atomic mass is 32.1. The van der Waals surface area contributed by atoms with Crippen LogP contribution in [-0.2, 0) is 6.42 Å². The van der Waals surface area contributed by atoms with Crippen molar-refractivity contribution in [2.75, 3.05) is 5.73 Å². The summed E-state index contributed by atoms with van der Waals surface area (Å²) in [6.45, 7) is 6.27. The Hall–Kier alpha value is -2.54. The molecular weight excluding hydrogens is 320 g/mol. The lowest BCUT2D eigenvalue weighted by Crippen LogP contribution is -2.04. The number of aromatic nitrogens is 5. The zero-order chi connectivity index (χ0) is 16.8. The normalized spacial score (nSPS) is 11.8. The van der Waals surface area contributed by atoms with E-state index in [2.05, 4.69) is 53.9 Å². The van der Waals surface area contributed by atoms with Gasteiger partial charge in [-0.2, -0.15) is 5.10 Å². The van der Waals surface area contributed by atoms with Gasteiger partial charge in [0.05, 0.1) is 20.6 Å². The van der Waals surface area contributed by atoms with E-state index in [4.69, 9.17) is 10.8 Å². The van der Waals surface area contributed by atoms with Crippen LogP contribution in [0, 0.1) is 0 Å². The van der Waals surface area contributed by atoms with Gasteiger partial charge in [0, 0.05) is 11.6 Å². The fraction of sp³-hybridized carbons (Fsp3) is 0.294. The van der Waals surface area contributed by atoms with Crippen LogP contribution in [-0.4, -0.2) is 24.7 Å². The quantitative estimate of drug-likeness (QED) is 0.614. The Morgan fingerprint density at radius 1 is 1.25 bits per heavy atom. The molecule has 0 fully saturated rings. The minimum atomic E-state index is 0.185. The van der Waals surface area contributed by atoms with E-state index in [9.17, 15) is 0 Å². The van der Waals surface area contributed by atoms with Crippen LogP contribution < -0.4 is 5.73 Å². The van der Waals surface area contributed by atoms with Gasteiger partial charge in [-0.1, -0.05) is 13.0 Å². The SMILES string of the molecule is CCc1nc2cc(-c3nn(C(C)C)c4ncnc(N)c34)ccc2s1. The Balaban J connectivity index is 1.99. The Bertz CT molecular complexity index is 1050. The Morgan fingerprint density at radius 2 is 2.08 bits per heavy atom. The van der Waals surface area contributed by atoms with Gasteiger partial charge in [-0.3, -0.25) is 0 Å². The van der Waals surface area contributed by atoms with Crippen molar-refractivity contribution in [3.8, 4) is 11.3 Å². The number of hydrogen-bond acceptors (Lipinski definition) is 6. The molecule has 3 aromatic heterocycles. The van der Waals surface area contributed by atoms with Crippen LogP contribution in [0.2, 0.25) is 0 Å². The molecule has 0 amide bonds. The Morgan fingerprint density at radius 3 is 2.83 bits per heavy atom. The molecule has 7 heteroatoms. The predicted molar refractivity (Wildman–Crippen MR) is 98.1 cm³/mol. The molecule has 6 nitrogen and oxygen atoms in total. The predicted octanol–water partition coefficient (Wildman–Crippen LogP) is 3.83. The lowest BCUT2D eigenvalue weighted by Gasteiger charge is -2.05. The largest absolute Gasteiger partial charge is 0.383 e. The zero-order valence-corrected chi connectivity index (χ0v) is 14.6. The summed E-state index contributed by atoms with van der Waals surface area (Å²) in [6.07, 6.45) is 2.43. The van der Waals surface area contributed by atoms with Crippen LogP contribution in [0.5, 0.6) is 0 Å². The molecule has 0 aliphatic carbocycles. The molecule has 4 aromatic rings. The van der Waals surface area contributed by atoms with Gasteiger partial charge < -0.3 is 5.73 Å². The number of nitrogens with zero attached hydrogens (tertiary/aromatic N) is 5. The average Bonchev–Trinajstić information content (AvgIpc) is 3.15. The fourth-order valence-electron chi connectivity index (χ4n) is 2.83. The van der Waals surface area contributed by atoms with Crippen LogP contribution >= 0.6 is 11.3 Å². The minimum absolute atomic E-state index is 0.185. The van der Waals surface area contributed by atoms with Crippen molar-refractivity contribution in [3.05, 3.63) is 29.5 Å². The van der Waals surface area contributed by atoms with Gasteiger partial charge in [-0.25, -0.2) is 19.6 Å². The maximum Gasteiger partial charge on any atom is 0.164 e. The van der Waals surface area contributed by atoms with Crippen molar-refractivity contribution < 1.29 is 0 Å². The highest BCUT2D eigenvalue weighted by Crippen LogP contribution is 2.34. The Kier molecular flexibility index (Phi) is 3.45. The highest BCUT2D eigenvalue weighted by Gasteiger charge is 2.19. The third-order valence-corrected chi connectivity index (χ3v) is 5.20. The maximum absolute atomic E-state index is 6.13. The summed E-state index contributed by atoms with van der Waals surface area (Å²) in [5, 5.41) is 6.71. The van der Waals surface area contributed by atoms with Crippen molar-refractivity contribution in [1.29, 1.82) is 0 Å². The molecule has 4 rings (SSSR count). The second-order valence-electron chi connectivity index (χ2n) is 5.99. The van der Waals surface area contributed by atoms with Gasteiger partial charge in [-0.15, -0.1) is 11.3 Å². The summed E-state index contributed by atoms with van der Waals surface area (Å²) in [7, 11) is 0. The van der Waals surface area contributed by atoms with Crippen LogP contribution in [0.3, 0.4) is 0 Å². The molecule has 0 spiro atoms. The monoisotopic (exact) mass is 338 g/mol. The van der Waals surface area contributed by atoms with E-state index in [-0.39, 0.29) is 6.04 Å². The topological polar surface area (TPSA) is 82.5 Å². The van der Waals surface area contributed by atoms with Crippen LogP contribution in [0.4, 0.5) is 5.82 Å². The molecule has 122 valence electrons. The third kappa shape index (κ3) is 2.24. The van der Waals surface area contributed by atoms with Gasteiger partial charge in [0.1, 0.15) is 17.8 Å². The van der Waals surface area contributed by atoms with E-state index < -0.39 is 0 Å². The summed E-state index contributed by atoms with van der Waals surface area (Å²) < 4.78 is 3.08.